The molecule has 0 unspecified atom stereocenters. The van der Waals surface area contributed by atoms with Crippen LogP contribution in [-0.2, 0) is 9.59 Å². The van der Waals surface area contributed by atoms with Gasteiger partial charge >= 0.3 is 0 Å². The van der Waals surface area contributed by atoms with E-state index < -0.39 is 0 Å². The van der Waals surface area contributed by atoms with Crippen LogP contribution >= 0.6 is 0 Å². The summed E-state index contributed by atoms with van der Waals surface area (Å²) in [6.45, 7) is 6.22. The van der Waals surface area contributed by atoms with Crippen LogP contribution in [0.4, 0.5) is 0 Å². The maximum Gasteiger partial charge on any atom is 0.219 e. The standard InChI is InChI=1S/C10H19NO2/c1-4-10(13)11-7-5-6-9(12)8(2)3/h8H,4-7H2,1-3H3,(H,11,13). The summed E-state index contributed by atoms with van der Waals surface area (Å²) in [4.78, 5) is 21.9. The summed E-state index contributed by atoms with van der Waals surface area (Å²) >= 11 is 0. The van der Waals surface area contributed by atoms with Crippen LogP contribution in [-0.4, -0.2) is 18.2 Å². The Hall–Kier alpha value is -0.860. The van der Waals surface area contributed by atoms with Crippen LogP contribution in [0.5, 0.6) is 0 Å². The molecule has 0 saturated heterocycles. The van der Waals surface area contributed by atoms with E-state index in [1.807, 2.05) is 20.8 Å². The zero-order valence-corrected chi connectivity index (χ0v) is 8.72. The Kier molecular flexibility index (Phi) is 6.20. The fraction of sp³-hybridized carbons (Fsp3) is 0.800. The molecule has 0 rings (SSSR count). The lowest BCUT2D eigenvalue weighted by atomic mass is 10.0. The van der Waals surface area contributed by atoms with Crippen LogP contribution < -0.4 is 5.32 Å². The topological polar surface area (TPSA) is 46.2 Å². The molecule has 0 fully saturated rings. The Morgan fingerprint density at radius 1 is 1.31 bits per heavy atom. The first-order valence-electron chi connectivity index (χ1n) is 4.87. The maximum atomic E-state index is 11.1. The van der Waals surface area contributed by atoms with E-state index in [1.54, 1.807) is 0 Å². The van der Waals surface area contributed by atoms with Gasteiger partial charge in [0, 0.05) is 25.3 Å². The van der Waals surface area contributed by atoms with Crippen molar-refractivity contribution in [3.8, 4) is 0 Å². The molecule has 0 radical (unpaired) electrons. The minimum Gasteiger partial charge on any atom is -0.356 e. The van der Waals surface area contributed by atoms with Crippen molar-refractivity contribution in [2.24, 2.45) is 5.92 Å². The molecular weight excluding hydrogens is 166 g/mol. The predicted molar refractivity (Wildman–Crippen MR) is 52.4 cm³/mol. The lowest BCUT2D eigenvalue weighted by Gasteiger charge is -2.04. The van der Waals surface area contributed by atoms with E-state index in [4.69, 9.17) is 0 Å². The minimum atomic E-state index is 0.0528. The molecule has 0 aliphatic rings. The highest BCUT2D eigenvalue weighted by Gasteiger charge is 2.06. The molecule has 3 nitrogen and oxygen atoms in total. The molecule has 1 amide bonds. The molecule has 76 valence electrons. The van der Waals surface area contributed by atoms with Crippen molar-refractivity contribution in [1.82, 2.24) is 5.32 Å². The van der Waals surface area contributed by atoms with Crippen LogP contribution in [0.25, 0.3) is 0 Å². The van der Waals surface area contributed by atoms with Crippen LogP contribution in [0.1, 0.15) is 40.0 Å². The highest BCUT2D eigenvalue weighted by atomic mass is 16.1. The molecule has 0 saturated carbocycles. The summed E-state index contributed by atoms with van der Waals surface area (Å²) in [5.74, 6) is 0.435. The Balaban J connectivity index is 3.36. The molecule has 13 heavy (non-hydrogen) atoms. The maximum absolute atomic E-state index is 11.1. The molecule has 0 aromatic rings. The average Bonchev–Trinajstić information content (AvgIpc) is 2.11. The van der Waals surface area contributed by atoms with Gasteiger partial charge in [-0.25, -0.2) is 0 Å². The second-order valence-electron chi connectivity index (χ2n) is 3.43. The normalized spacial score (nSPS) is 10.2. The molecule has 0 spiro atoms. The molecule has 0 aromatic heterocycles. The van der Waals surface area contributed by atoms with Crippen molar-refractivity contribution in [3.05, 3.63) is 0 Å². The Bertz CT molecular complexity index is 176. The van der Waals surface area contributed by atoms with Gasteiger partial charge in [0.15, 0.2) is 0 Å². The molecule has 0 bridgehead atoms. The van der Waals surface area contributed by atoms with Crippen molar-refractivity contribution in [2.45, 2.75) is 40.0 Å². The van der Waals surface area contributed by atoms with Gasteiger partial charge in [0.05, 0.1) is 0 Å². The van der Waals surface area contributed by atoms with E-state index in [9.17, 15) is 9.59 Å². The van der Waals surface area contributed by atoms with Crippen molar-refractivity contribution in [1.29, 1.82) is 0 Å². The third kappa shape index (κ3) is 6.31. The SMILES string of the molecule is CCC(=O)NCCCC(=O)C(C)C. The Morgan fingerprint density at radius 2 is 1.92 bits per heavy atom. The largest absolute Gasteiger partial charge is 0.356 e. The number of Topliss-reactive ketones (excluding diaryl/α,β-unsaturated/α-hetero) is 1. The lowest BCUT2D eigenvalue weighted by Crippen LogP contribution is -2.24. The number of ketones is 1. The van der Waals surface area contributed by atoms with E-state index in [2.05, 4.69) is 5.32 Å². The van der Waals surface area contributed by atoms with E-state index in [1.165, 1.54) is 0 Å². The average molecular weight is 185 g/mol. The monoisotopic (exact) mass is 185 g/mol. The summed E-state index contributed by atoms with van der Waals surface area (Å²) in [5, 5.41) is 2.74. The summed E-state index contributed by atoms with van der Waals surface area (Å²) in [6, 6.07) is 0. The first kappa shape index (κ1) is 12.1. The summed E-state index contributed by atoms with van der Waals surface area (Å²) < 4.78 is 0. The number of carbonyl (C=O) groups excluding carboxylic acids is 2. The van der Waals surface area contributed by atoms with Crippen molar-refractivity contribution < 1.29 is 9.59 Å². The van der Waals surface area contributed by atoms with Gasteiger partial charge in [0.1, 0.15) is 5.78 Å². The van der Waals surface area contributed by atoms with Gasteiger partial charge in [-0.05, 0) is 6.42 Å². The van der Waals surface area contributed by atoms with Gasteiger partial charge in [-0.15, -0.1) is 0 Å². The zero-order chi connectivity index (χ0) is 10.3. The second kappa shape index (κ2) is 6.63. The Morgan fingerprint density at radius 3 is 2.38 bits per heavy atom. The number of hydrogen-bond acceptors (Lipinski definition) is 2. The molecule has 0 aliphatic carbocycles. The van der Waals surface area contributed by atoms with Gasteiger partial charge in [-0.1, -0.05) is 20.8 Å². The molecule has 1 N–H and O–H groups in total. The fourth-order valence-electron chi connectivity index (χ4n) is 0.904. The minimum absolute atomic E-state index is 0.0528. The Labute approximate surface area is 79.9 Å². The number of nitrogens with one attached hydrogen (secondary N) is 1. The molecule has 3 heteroatoms. The number of hydrogen-bond donors (Lipinski definition) is 1. The summed E-state index contributed by atoms with van der Waals surface area (Å²) in [7, 11) is 0. The molecule has 0 heterocycles. The molecule has 0 aliphatic heterocycles. The summed E-state index contributed by atoms with van der Waals surface area (Å²) in [5.41, 5.74) is 0. The number of rotatable bonds is 6. The highest BCUT2D eigenvalue weighted by Crippen LogP contribution is 2.00. The van der Waals surface area contributed by atoms with Crippen LogP contribution in [0.15, 0.2) is 0 Å². The fourth-order valence-corrected chi connectivity index (χ4v) is 0.904. The van der Waals surface area contributed by atoms with Gasteiger partial charge in [0.2, 0.25) is 5.91 Å². The van der Waals surface area contributed by atoms with E-state index >= 15 is 0 Å². The summed E-state index contributed by atoms with van der Waals surface area (Å²) in [6.07, 6.45) is 1.84. The van der Waals surface area contributed by atoms with Gasteiger partial charge in [-0.3, -0.25) is 9.59 Å². The predicted octanol–water partition coefficient (Wildman–Crippen LogP) is 1.52. The first-order valence-corrected chi connectivity index (χ1v) is 4.87. The van der Waals surface area contributed by atoms with Crippen LogP contribution in [0.2, 0.25) is 0 Å². The third-order valence-electron chi connectivity index (χ3n) is 1.89. The van der Waals surface area contributed by atoms with Crippen molar-refractivity contribution in [3.63, 3.8) is 0 Å². The van der Waals surface area contributed by atoms with Crippen molar-refractivity contribution >= 4 is 11.7 Å². The third-order valence-corrected chi connectivity index (χ3v) is 1.89. The smallest absolute Gasteiger partial charge is 0.219 e. The second-order valence-corrected chi connectivity index (χ2v) is 3.43. The molecule has 0 atom stereocenters. The van der Waals surface area contributed by atoms with Gasteiger partial charge < -0.3 is 5.32 Å². The lowest BCUT2D eigenvalue weighted by molar-refractivity contribution is -0.123. The molecule has 0 aromatic carbocycles. The van der Waals surface area contributed by atoms with Gasteiger partial charge in [-0.2, -0.15) is 0 Å². The van der Waals surface area contributed by atoms with E-state index in [0.717, 1.165) is 6.42 Å². The number of amides is 1. The van der Waals surface area contributed by atoms with Crippen LogP contribution in [0, 0.1) is 5.92 Å². The quantitative estimate of drug-likeness (QED) is 0.638. The highest BCUT2D eigenvalue weighted by molar-refractivity contribution is 5.80. The van der Waals surface area contributed by atoms with E-state index in [0.29, 0.717) is 19.4 Å². The number of carbonyl (C=O) groups is 2. The zero-order valence-electron chi connectivity index (χ0n) is 8.72. The van der Waals surface area contributed by atoms with E-state index in [-0.39, 0.29) is 17.6 Å². The van der Waals surface area contributed by atoms with Gasteiger partial charge in [0.25, 0.3) is 0 Å². The molecular formula is C10H19NO2. The first-order chi connectivity index (χ1) is 6.07. The van der Waals surface area contributed by atoms with Crippen LogP contribution in [0.3, 0.4) is 0 Å². The van der Waals surface area contributed by atoms with Crippen molar-refractivity contribution in [2.75, 3.05) is 6.54 Å².